The Morgan fingerprint density at radius 1 is 1.29 bits per heavy atom. The van der Waals surface area contributed by atoms with E-state index in [1.807, 2.05) is 0 Å². The molecule has 4 nitrogen and oxygen atoms in total. The van der Waals surface area contributed by atoms with Crippen LogP contribution in [0, 0.1) is 5.82 Å². The first-order valence-electron chi connectivity index (χ1n) is 6.13. The summed E-state index contributed by atoms with van der Waals surface area (Å²) >= 11 is 6.95. The van der Waals surface area contributed by atoms with Crippen LogP contribution in [-0.2, 0) is 4.79 Å². The van der Waals surface area contributed by atoms with Gasteiger partial charge in [-0.25, -0.2) is 4.39 Å². The molecule has 0 fully saturated rings. The third-order valence-electron chi connectivity index (χ3n) is 2.59. The molecule has 1 aromatic heterocycles. The number of thiophene rings is 1. The zero-order valence-electron chi connectivity index (χ0n) is 10.9. The van der Waals surface area contributed by atoms with E-state index < -0.39 is 5.82 Å². The van der Waals surface area contributed by atoms with Gasteiger partial charge in [0.2, 0.25) is 5.91 Å². The summed E-state index contributed by atoms with van der Waals surface area (Å²) in [5.74, 6) is -1.04. The van der Waals surface area contributed by atoms with Crippen LogP contribution in [0.5, 0.6) is 0 Å². The second-order valence-corrected chi connectivity index (χ2v) is 5.52. The number of hydrogen-bond acceptors (Lipinski definition) is 3. The Labute approximate surface area is 129 Å². The molecule has 1 aromatic carbocycles. The predicted octanol–water partition coefficient (Wildman–Crippen LogP) is 3.30. The molecule has 0 aliphatic heterocycles. The third kappa shape index (κ3) is 4.54. The minimum absolute atomic E-state index is 0.0567. The second-order valence-electron chi connectivity index (χ2n) is 4.16. The lowest BCUT2D eigenvalue weighted by atomic mass is 10.3. The quantitative estimate of drug-likeness (QED) is 0.885. The number of rotatable bonds is 5. The number of nitrogens with one attached hydrogen (secondary N) is 2. The molecule has 0 saturated carbocycles. The van der Waals surface area contributed by atoms with Gasteiger partial charge in [0, 0.05) is 18.7 Å². The van der Waals surface area contributed by atoms with E-state index in [0.717, 1.165) is 0 Å². The molecule has 21 heavy (non-hydrogen) atoms. The lowest BCUT2D eigenvalue weighted by Crippen LogP contribution is -2.27. The van der Waals surface area contributed by atoms with Crippen molar-refractivity contribution in [3.05, 3.63) is 51.4 Å². The molecule has 0 bridgehead atoms. The van der Waals surface area contributed by atoms with Gasteiger partial charge in [0.05, 0.1) is 9.90 Å². The van der Waals surface area contributed by atoms with Crippen molar-refractivity contribution in [2.75, 3.05) is 11.9 Å². The molecule has 0 radical (unpaired) electrons. The highest BCUT2D eigenvalue weighted by Crippen LogP contribution is 2.19. The van der Waals surface area contributed by atoms with Gasteiger partial charge in [-0.05, 0) is 29.6 Å². The first-order chi connectivity index (χ1) is 10.1. The van der Waals surface area contributed by atoms with Crippen LogP contribution in [0.3, 0.4) is 0 Å². The summed E-state index contributed by atoms with van der Waals surface area (Å²) in [4.78, 5) is 23.9. The number of anilines is 1. The Morgan fingerprint density at radius 3 is 2.76 bits per heavy atom. The topological polar surface area (TPSA) is 58.2 Å². The molecule has 1 heterocycles. The summed E-state index contributed by atoms with van der Waals surface area (Å²) < 4.78 is 13.0. The van der Waals surface area contributed by atoms with Gasteiger partial charge in [-0.3, -0.25) is 9.59 Å². The Balaban J connectivity index is 1.77. The molecule has 7 heteroatoms. The van der Waals surface area contributed by atoms with Crippen LogP contribution in [0.1, 0.15) is 16.1 Å². The average Bonchev–Trinajstić information content (AvgIpc) is 2.97. The summed E-state index contributed by atoms with van der Waals surface area (Å²) in [5.41, 5.74) is 0.413. The number of carbonyl (C=O) groups excluding carboxylic acids is 2. The van der Waals surface area contributed by atoms with Gasteiger partial charge in [-0.2, -0.15) is 0 Å². The van der Waals surface area contributed by atoms with Crippen LogP contribution in [-0.4, -0.2) is 18.4 Å². The summed E-state index contributed by atoms with van der Waals surface area (Å²) in [5, 5.41) is 6.98. The maximum absolute atomic E-state index is 13.0. The number of hydrogen-bond donors (Lipinski definition) is 2. The Bertz CT molecular complexity index is 646. The maximum Gasteiger partial charge on any atom is 0.261 e. The van der Waals surface area contributed by atoms with Gasteiger partial charge in [-0.15, -0.1) is 11.3 Å². The number of carbonyl (C=O) groups is 2. The Hall–Kier alpha value is -1.92. The summed E-state index contributed by atoms with van der Waals surface area (Å²) in [6, 6.07) is 7.42. The Morgan fingerprint density at radius 2 is 2.10 bits per heavy atom. The SMILES string of the molecule is O=C(CCNC(=O)c1cccs1)Nc1ccc(F)c(Cl)c1. The van der Waals surface area contributed by atoms with Crippen molar-refractivity contribution in [2.45, 2.75) is 6.42 Å². The number of halogens is 2. The van der Waals surface area contributed by atoms with Crippen molar-refractivity contribution in [3.63, 3.8) is 0 Å². The third-order valence-corrected chi connectivity index (χ3v) is 3.74. The first-order valence-corrected chi connectivity index (χ1v) is 7.38. The van der Waals surface area contributed by atoms with E-state index in [1.165, 1.54) is 29.5 Å². The van der Waals surface area contributed by atoms with E-state index in [-0.39, 0.29) is 29.8 Å². The molecule has 2 N–H and O–H groups in total. The van der Waals surface area contributed by atoms with E-state index >= 15 is 0 Å². The Kier molecular flexibility index (Phi) is 5.30. The van der Waals surface area contributed by atoms with Crippen molar-refractivity contribution >= 4 is 40.4 Å². The molecule has 0 aliphatic carbocycles. The average molecular weight is 327 g/mol. The van der Waals surface area contributed by atoms with Crippen LogP contribution in [0.4, 0.5) is 10.1 Å². The number of benzene rings is 1. The molecule has 0 atom stereocenters. The van der Waals surface area contributed by atoms with E-state index in [2.05, 4.69) is 10.6 Å². The van der Waals surface area contributed by atoms with Gasteiger partial charge in [0.1, 0.15) is 5.82 Å². The van der Waals surface area contributed by atoms with Gasteiger partial charge in [0.25, 0.3) is 5.91 Å². The van der Waals surface area contributed by atoms with Gasteiger partial charge < -0.3 is 10.6 Å². The molecule has 2 aromatic rings. The standard InChI is InChI=1S/C14H12ClFN2O2S/c15-10-8-9(3-4-11(10)16)18-13(19)5-6-17-14(20)12-2-1-7-21-12/h1-4,7-8H,5-6H2,(H,17,20)(H,18,19). The van der Waals surface area contributed by atoms with E-state index in [9.17, 15) is 14.0 Å². The minimum Gasteiger partial charge on any atom is -0.351 e. The second kappa shape index (κ2) is 7.19. The van der Waals surface area contributed by atoms with Crippen molar-refractivity contribution in [3.8, 4) is 0 Å². The normalized spacial score (nSPS) is 10.2. The fraction of sp³-hybridized carbons (Fsp3) is 0.143. The van der Waals surface area contributed by atoms with Gasteiger partial charge in [0.15, 0.2) is 0 Å². The minimum atomic E-state index is -0.544. The first kappa shape index (κ1) is 15.5. The molecule has 2 amide bonds. The molecular formula is C14H12ClFN2O2S. The van der Waals surface area contributed by atoms with E-state index in [0.29, 0.717) is 10.6 Å². The largest absolute Gasteiger partial charge is 0.351 e. The van der Waals surface area contributed by atoms with Gasteiger partial charge >= 0.3 is 0 Å². The van der Waals surface area contributed by atoms with Crippen LogP contribution >= 0.6 is 22.9 Å². The van der Waals surface area contributed by atoms with Crippen molar-refractivity contribution in [2.24, 2.45) is 0 Å². The van der Waals surface area contributed by atoms with E-state index in [1.54, 1.807) is 17.5 Å². The molecular weight excluding hydrogens is 315 g/mol. The predicted molar refractivity (Wildman–Crippen MR) is 81.3 cm³/mol. The van der Waals surface area contributed by atoms with Crippen LogP contribution < -0.4 is 10.6 Å². The zero-order valence-corrected chi connectivity index (χ0v) is 12.4. The molecule has 0 aliphatic rings. The lowest BCUT2D eigenvalue weighted by Gasteiger charge is -2.06. The van der Waals surface area contributed by atoms with Crippen molar-refractivity contribution in [1.82, 2.24) is 5.32 Å². The smallest absolute Gasteiger partial charge is 0.261 e. The fourth-order valence-electron chi connectivity index (χ4n) is 1.58. The lowest BCUT2D eigenvalue weighted by molar-refractivity contribution is -0.116. The van der Waals surface area contributed by atoms with E-state index in [4.69, 9.17) is 11.6 Å². The summed E-state index contributed by atoms with van der Waals surface area (Å²) in [6.45, 7) is 0.220. The highest BCUT2D eigenvalue weighted by atomic mass is 35.5. The summed E-state index contributed by atoms with van der Waals surface area (Å²) in [6.07, 6.45) is 0.117. The highest BCUT2D eigenvalue weighted by Gasteiger charge is 2.08. The van der Waals surface area contributed by atoms with Crippen molar-refractivity contribution in [1.29, 1.82) is 0 Å². The summed E-state index contributed by atoms with van der Waals surface area (Å²) in [7, 11) is 0. The van der Waals surface area contributed by atoms with Gasteiger partial charge in [-0.1, -0.05) is 17.7 Å². The van der Waals surface area contributed by atoms with Crippen LogP contribution in [0.15, 0.2) is 35.7 Å². The maximum atomic E-state index is 13.0. The monoisotopic (exact) mass is 326 g/mol. The molecule has 0 unspecified atom stereocenters. The molecule has 2 rings (SSSR count). The zero-order chi connectivity index (χ0) is 15.2. The fourth-order valence-corrected chi connectivity index (χ4v) is 2.40. The van der Waals surface area contributed by atoms with Crippen LogP contribution in [0.25, 0.3) is 0 Å². The van der Waals surface area contributed by atoms with Crippen LogP contribution in [0.2, 0.25) is 5.02 Å². The van der Waals surface area contributed by atoms with Crippen molar-refractivity contribution < 1.29 is 14.0 Å². The number of amides is 2. The molecule has 0 spiro atoms. The highest BCUT2D eigenvalue weighted by molar-refractivity contribution is 7.12. The molecule has 0 saturated heterocycles. The molecule has 110 valence electrons.